The van der Waals surface area contributed by atoms with Gasteiger partial charge in [0, 0.05) is 38.3 Å². The summed E-state index contributed by atoms with van der Waals surface area (Å²) >= 11 is 0. The number of nitrogens with two attached hydrogens (primary N) is 1. The van der Waals surface area contributed by atoms with Crippen LogP contribution in [-0.4, -0.2) is 47.9 Å². The molecule has 0 unspecified atom stereocenters. The largest absolute Gasteiger partial charge is 0.365 e. The van der Waals surface area contributed by atoms with Crippen LogP contribution in [0, 0.1) is 5.92 Å². The molecule has 1 aromatic rings. The summed E-state index contributed by atoms with van der Waals surface area (Å²) in [6.07, 6.45) is 6.08. The highest BCUT2D eigenvalue weighted by Gasteiger charge is 2.30. The van der Waals surface area contributed by atoms with Gasteiger partial charge in [0.05, 0.1) is 5.56 Å². The number of pyridine rings is 1. The molecule has 2 fully saturated rings. The van der Waals surface area contributed by atoms with Gasteiger partial charge in [-0.3, -0.25) is 9.59 Å². The molecule has 1 saturated carbocycles. The Hall–Kier alpha value is -2.11. The first-order chi connectivity index (χ1) is 10.7. The minimum atomic E-state index is -0.465. The molecule has 22 heavy (non-hydrogen) atoms. The molecule has 0 atom stereocenters. The molecule has 0 radical (unpaired) electrons. The third-order valence-electron chi connectivity index (χ3n) is 4.65. The van der Waals surface area contributed by atoms with Crippen LogP contribution in [0.25, 0.3) is 0 Å². The van der Waals surface area contributed by atoms with Crippen molar-refractivity contribution in [2.75, 3.05) is 31.1 Å². The summed E-state index contributed by atoms with van der Waals surface area (Å²) in [5, 5.41) is 0. The fourth-order valence-corrected chi connectivity index (χ4v) is 3.41. The van der Waals surface area contributed by atoms with Crippen LogP contribution in [0.1, 0.15) is 36.0 Å². The minimum Gasteiger partial charge on any atom is -0.365 e. The number of piperazine rings is 1. The van der Waals surface area contributed by atoms with Gasteiger partial charge in [0.25, 0.3) is 5.91 Å². The van der Waals surface area contributed by atoms with E-state index >= 15 is 0 Å². The number of carbonyl (C=O) groups excluding carboxylic acids is 2. The van der Waals surface area contributed by atoms with E-state index in [0.717, 1.165) is 12.8 Å². The van der Waals surface area contributed by atoms with Crippen molar-refractivity contribution in [3.05, 3.63) is 23.9 Å². The van der Waals surface area contributed by atoms with Gasteiger partial charge in [0.15, 0.2) is 0 Å². The summed E-state index contributed by atoms with van der Waals surface area (Å²) in [5.74, 6) is 0.686. The summed E-state index contributed by atoms with van der Waals surface area (Å²) < 4.78 is 0. The predicted octanol–water partition coefficient (Wildman–Crippen LogP) is 1.02. The molecule has 1 aliphatic heterocycles. The van der Waals surface area contributed by atoms with Crippen molar-refractivity contribution in [2.24, 2.45) is 11.7 Å². The van der Waals surface area contributed by atoms with Crippen LogP contribution in [0.4, 0.5) is 5.82 Å². The van der Waals surface area contributed by atoms with Gasteiger partial charge in [0.1, 0.15) is 5.82 Å². The van der Waals surface area contributed by atoms with E-state index in [0.29, 0.717) is 43.5 Å². The molecule has 1 saturated heterocycles. The SMILES string of the molecule is NC(=O)c1cccnc1N1CCN(C(=O)C2CCCC2)CC1. The fraction of sp³-hybridized carbons (Fsp3) is 0.562. The monoisotopic (exact) mass is 302 g/mol. The molecule has 2 aliphatic rings. The number of anilines is 1. The number of primary amides is 1. The molecule has 2 heterocycles. The first kappa shape index (κ1) is 14.8. The lowest BCUT2D eigenvalue weighted by atomic mass is 10.1. The molecule has 2 amide bonds. The topological polar surface area (TPSA) is 79.5 Å². The van der Waals surface area contributed by atoms with Crippen LogP contribution in [0.15, 0.2) is 18.3 Å². The van der Waals surface area contributed by atoms with Gasteiger partial charge in [-0.2, -0.15) is 0 Å². The number of rotatable bonds is 3. The van der Waals surface area contributed by atoms with Crippen LogP contribution in [0.2, 0.25) is 0 Å². The zero-order chi connectivity index (χ0) is 15.5. The molecule has 0 spiro atoms. The molecule has 1 aliphatic carbocycles. The van der Waals surface area contributed by atoms with E-state index in [1.165, 1.54) is 12.8 Å². The summed E-state index contributed by atoms with van der Waals surface area (Å²) in [5.41, 5.74) is 5.85. The molecule has 0 aromatic carbocycles. The maximum absolute atomic E-state index is 12.4. The lowest BCUT2D eigenvalue weighted by Gasteiger charge is -2.37. The zero-order valence-electron chi connectivity index (χ0n) is 12.7. The van der Waals surface area contributed by atoms with E-state index in [9.17, 15) is 9.59 Å². The van der Waals surface area contributed by atoms with Gasteiger partial charge in [0.2, 0.25) is 5.91 Å². The molecular weight excluding hydrogens is 280 g/mol. The lowest BCUT2D eigenvalue weighted by molar-refractivity contribution is -0.135. The molecule has 1 aromatic heterocycles. The Morgan fingerprint density at radius 1 is 1.14 bits per heavy atom. The second-order valence-corrected chi connectivity index (χ2v) is 6.03. The van der Waals surface area contributed by atoms with Crippen LogP contribution in [-0.2, 0) is 4.79 Å². The zero-order valence-corrected chi connectivity index (χ0v) is 12.7. The van der Waals surface area contributed by atoms with E-state index in [1.54, 1.807) is 18.3 Å². The van der Waals surface area contributed by atoms with Crippen molar-refractivity contribution in [1.29, 1.82) is 0 Å². The molecule has 6 nitrogen and oxygen atoms in total. The Morgan fingerprint density at radius 3 is 2.45 bits per heavy atom. The van der Waals surface area contributed by atoms with Crippen LogP contribution in [0.3, 0.4) is 0 Å². The highest BCUT2D eigenvalue weighted by Crippen LogP contribution is 2.27. The Morgan fingerprint density at radius 2 is 1.82 bits per heavy atom. The number of carbonyl (C=O) groups is 2. The van der Waals surface area contributed by atoms with E-state index in [2.05, 4.69) is 4.98 Å². The van der Waals surface area contributed by atoms with E-state index in [1.807, 2.05) is 9.80 Å². The third kappa shape index (κ3) is 2.91. The van der Waals surface area contributed by atoms with E-state index in [4.69, 9.17) is 5.73 Å². The van der Waals surface area contributed by atoms with Crippen LogP contribution in [0.5, 0.6) is 0 Å². The van der Waals surface area contributed by atoms with Gasteiger partial charge in [-0.1, -0.05) is 12.8 Å². The number of amides is 2. The van der Waals surface area contributed by atoms with Gasteiger partial charge < -0.3 is 15.5 Å². The maximum atomic E-state index is 12.4. The second kappa shape index (κ2) is 6.34. The van der Waals surface area contributed by atoms with Crippen molar-refractivity contribution in [3.63, 3.8) is 0 Å². The quantitative estimate of drug-likeness (QED) is 0.904. The Kier molecular flexibility index (Phi) is 4.27. The van der Waals surface area contributed by atoms with Crippen molar-refractivity contribution < 1.29 is 9.59 Å². The average molecular weight is 302 g/mol. The summed E-state index contributed by atoms with van der Waals surface area (Å²) in [7, 11) is 0. The fourth-order valence-electron chi connectivity index (χ4n) is 3.41. The van der Waals surface area contributed by atoms with Crippen LogP contribution < -0.4 is 10.6 Å². The second-order valence-electron chi connectivity index (χ2n) is 6.03. The number of nitrogens with zero attached hydrogens (tertiary/aromatic N) is 3. The highest BCUT2D eigenvalue weighted by atomic mass is 16.2. The molecule has 0 bridgehead atoms. The van der Waals surface area contributed by atoms with Crippen molar-refractivity contribution in [3.8, 4) is 0 Å². The van der Waals surface area contributed by atoms with Gasteiger partial charge in [-0.15, -0.1) is 0 Å². The summed E-state index contributed by atoms with van der Waals surface area (Å²) in [6.45, 7) is 2.75. The molecule has 2 N–H and O–H groups in total. The normalized spacial score (nSPS) is 19.5. The first-order valence-corrected chi connectivity index (χ1v) is 7.95. The first-order valence-electron chi connectivity index (χ1n) is 7.95. The molecule has 118 valence electrons. The van der Waals surface area contributed by atoms with E-state index in [-0.39, 0.29) is 5.92 Å². The van der Waals surface area contributed by atoms with Gasteiger partial charge >= 0.3 is 0 Å². The van der Waals surface area contributed by atoms with Gasteiger partial charge in [-0.05, 0) is 25.0 Å². The Labute approximate surface area is 130 Å². The molecular formula is C16H22N4O2. The maximum Gasteiger partial charge on any atom is 0.252 e. The van der Waals surface area contributed by atoms with Crippen LogP contribution >= 0.6 is 0 Å². The number of hydrogen-bond donors (Lipinski definition) is 1. The van der Waals surface area contributed by atoms with E-state index < -0.39 is 5.91 Å². The van der Waals surface area contributed by atoms with Crippen molar-refractivity contribution in [1.82, 2.24) is 9.88 Å². The number of hydrogen-bond acceptors (Lipinski definition) is 4. The van der Waals surface area contributed by atoms with Crippen molar-refractivity contribution in [2.45, 2.75) is 25.7 Å². The smallest absolute Gasteiger partial charge is 0.252 e. The standard InChI is InChI=1S/C16H22N4O2/c17-14(21)13-6-3-7-18-15(13)19-8-10-20(11-9-19)16(22)12-4-1-2-5-12/h3,6-7,12H,1-2,4-5,8-11H2,(H2,17,21). The van der Waals surface area contributed by atoms with Crippen molar-refractivity contribution >= 4 is 17.6 Å². The lowest BCUT2D eigenvalue weighted by Crippen LogP contribution is -2.50. The molecule has 3 rings (SSSR count). The Bertz CT molecular complexity index is 561. The summed E-state index contributed by atoms with van der Waals surface area (Å²) in [6, 6.07) is 3.41. The highest BCUT2D eigenvalue weighted by molar-refractivity contribution is 5.97. The Balaban J connectivity index is 1.64. The predicted molar refractivity (Wildman–Crippen MR) is 83.5 cm³/mol. The average Bonchev–Trinajstić information content (AvgIpc) is 3.09. The van der Waals surface area contributed by atoms with Gasteiger partial charge in [-0.25, -0.2) is 4.98 Å². The minimum absolute atomic E-state index is 0.225. The molecule has 6 heteroatoms. The summed E-state index contributed by atoms with van der Waals surface area (Å²) in [4.78, 5) is 32.2. The number of aromatic nitrogens is 1. The third-order valence-corrected chi connectivity index (χ3v) is 4.65.